The number of nitrogens with one attached hydrogen (secondary N) is 4. The van der Waals surface area contributed by atoms with Crippen molar-refractivity contribution >= 4 is 35.5 Å². The summed E-state index contributed by atoms with van der Waals surface area (Å²) in [4.78, 5) is 47.4. The molecule has 1 aliphatic rings. The molecule has 1 heterocycles. The molecule has 1 aliphatic heterocycles. The molecule has 1 fully saturated rings. The van der Waals surface area contributed by atoms with E-state index >= 15 is 0 Å². The third-order valence-corrected chi connectivity index (χ3v) is 4.75. The zero-order chi connectivity index (χ0) is 20.4. The number of carboxylic acids is 1. The minimum Gasteiger partial charge on any atom is -0.480 e. The summed E-state index contributed by atoms with van der Waals surface area (Å²) in [5.74, 6) is -2.25. The number of aliphatic hydroxyl groups is 1. The Balaban J connectivity index is 2.55. The lowest BCUT2D eigenvalue weighted by Crippen LogP contribution is -2.54. The number of thioether (sulfide) groups is 1. The summed E-state index contributed by atoms with van der Waals surface area (Å²) < 4.78 is 0. The van der Waals surface area contributed by atoms with Crippen molar-refractivity contribution in [1.82, 2.24) is 21.3 Å². The van der Waals surface area contributed by atoms with Gasteiger partial charge in [-0.2, -0.15) is 11.8 Å². The quantitative estimate of drug-likeness (QED) is 0.232. The highest BCUT2D eigenvalue weighted by Crippen LogP contribution is 2.07. The fourth-order valence-corrected chi connectivity index (χ4v) is 3.06. The van der Waals surface area contributed by atoms with Gasteiger partial charge >= 0.3 is 5.97 Å². The fraction of sp³-hybridized carbons (Fsp3) is 0.750. The summed E-state index contributed by atoms with van der Waals surface area (Å²) in [6, 6.07) is -2.57. The number of rotatable bonds is 11. The van der Waals surface area contributed by atoms with Crippen molar-refractivity contribution in [3.05, 3.63) is 0 Å². The first kappa shape index (κ1) is 23.2. The van der Waals surface area contributed by atoms with Gasteiger partial charge in [0.15, 0.2) is 6.04 Å². The molecular weight excluding hydrogens is 376 g/mol. The number of aliphatic carboxylic acids is 1. The summed E-state index contributed by atoms with van der Waals surface area (Å²) in [5.41, 5.74) is 0. The normalized spacial score (nSPS) is 19.6. The van der Waals surface area contributed by atoms with Gasteiger partial charge in [0.2, 0.25) is 17.7 Å². The maximum Gasteiger partial charge on any atom is 0.328 e. The maximum atomic E-state index is 12.4. The molecule has 154 valence electrons. The first-order valence-electron chi connectivity index (χ1n) is 8.77. The van der Waals surface area contributed by atoms with E-state index in [9.17, 15) is 24.3 Å². The molecule has 0 aromatic rings. The van der Waals surface area contributed by atoms with Crippen LogP contribution in [0.25, 0.3) is 0 Å². The lowest BCUT2D eigenvalue weighted by Gasteiger charge is -2.21. The SMILES string of the molecule is CSCCC(NC(=O)C1CCCN1)C(=O)NCC(=O)NC(C(=O)O)C(C)O. The van der Waals surface area contributed by atoms with Gasteiger partial charge in [-0.25, -0.2) is 4.79 Å². The van der Waals surface area contributed by atoms with Crippen LogP contribution in [-0.4, -0.2) is 83.2 Å². The highest BCUT2D eigenvalue weighted by atomic mass is 32.2. The standard InChI is InChI=1S/C16H28N4O6S/c1-9(21)13(16(25)26)20-12(22)8-18-14(23)11(5-7-27-2)19-15(24)10-4-3-6-17-10/h9-11,13,17,21H,3-8H2,1-2H3,(H,18,23)(H,19,24)(H,20,22)(H,25,26). The van der Waals surface area contributed by atoms with Gasteiger partial charge in [-0.1, -0.05) is 0 Å². The number of carboxylic acid groups (broad SMARTS) is 1. The van der Waals surface area contributed by atoms with Gasteiger partial charge in [0.25, 0.3) is 0 Å². The van der Waals surface area contributed by atoms with Crippen LogP contribution in [0.2, 0.25) is 0 Å². The molecule has 1 rings (SSSR count). The van der Waals surface area contributed by atoms with Crippen molar-refractivity contribution in [3.8, 4) is 0 Å². The monoisotopic (exact) mass is 404 g/mol. The molecular formula is C16H28N4O6S. The van der Waals surface area contributed by atoms with Gasteiger partial charge in [-0.05, 0) is 44.7 Å². The van der Waals surface area contributed by atoms with Gasteiger partial charge in [-0.3, -0.25) is 14.4 Å². The smallest absolute Gasteiger partial charge is 0.328 e. The third-order valence-electron chi connectivity index (χ3n) is 4.11. The average Bonchev–Trinajstić information content (AvgIpc) is 3.15. The highest BCUT2D eigenvalue weighted by molar-refractivity contribution is 7.98. The Hall–Kier alpha value is -1.85. The second kappa shape index (κ2) is 11.8. The molecule has 0 radical (unpaired) electrons. The van der Waals surface area contributed by atoms with E-state index in [1.165, 1.54) is 18.7 Å². The van der Waals surface area contributed by atoms with E-state index in [4.69, 9.17) is 5.11 Å². The Morgan fingerprint density at radius 3 is 2.48 bits per heavy atom. The molecule has 10 nitrogen and oxygen atoms in total. The summed E-state index contributed by atoms with van der Waals surface area (Å²) in [7, 11) is 0. The Morgan fingerprint density at radius 2 is 1.96 bits per heavy atom. The second-order valence-electron chi connectivity index (χ2n) is 6.33. The molecule has 6 N–H and O–H groups in total. The van der Waals surface area contributed by atoms with Crippen LogP contribution in [0.15, 0.2) is 0 Å². The Bertz CT molecular complexity index is 539. The van der Waals surface area contributed by atoms with Crippen molar-refractivity contribution in [3.63, 3.8) is 0 Å². The number of aliphatic hydroxyl groups excluding tert-OH is 1. The first-order chi connectivity index (χ1) is 12.8. The van der Waals surface area contributed by atoms with E-state index in [0.717, 1.165) is 13.0 Å². The van der Waals surface area contributed by atoms with Crippen molar-refractivity contribution in [2.45, 2.75) is 50.4 Å². The van der Waals surface area contributed by atoms with Crippen molar-refractivity contribution in [1.29, 1.82) is 0 Å². The topological polar surface area (TPSA) is 157 Å². The third kappa shape index (κ3) is 8.14. The van der Waals surface area contributed by atoms with Crippen LogP contribution in [-0.2, 0) is 19.2 Å². The minimum absolute atomic E-state index is 0.252. The zero-order valence-corrected chi connectivity index (χ0v) is 16.3. The molecule has 27 heavy (non-hydrogen) atoms. The summed E-state index contributed by atoms with van der Waals surface area (Å²) in [6.07, 6.45) is 2.60. The summed E-state index contributed by atoms with van der Waals surface area (Å²) in [5, 5.41) is 28.6. The van der Waals surface area contributed by atoms with Crippen LogP contribution >= 0.6 is 11.8 Å². The highest BCUT2D eigenvalue weighted by Gasteiger charge is 2.28. The van der Waals surface area contributed by atoms with Gasteiger partial charge in [0, 0.05) is 0 Å². The molecule has 4 unspecified atom stereocenters. The predicted molar refractivity (Wildman–Crippen MR) is 100 cm³/mol. The molecule has 1 saturated heterocycles. The van der Waals surface area contributed by atoms with Crippen LogP contribution in [0.5, 0.6) is 0 Å². The van der Waals surface area contributed by atoms with Crippen LogP contribution in [0.1, 0.15) is 26.2 Å². The number of carbonyl (C=O) groups is 4. The molecule has 0 spiro atoms. The van der Waals surface area contributed by atoms with Crippen LogP contribution in [0, 0.1) is 0 Å². The molecule has 0 bridgehead atoms. The summed E-state index contributed by atoms with van der Waals surface area (Å²) >= 11 is 1.53. The molecule has 3 amide bonds. The maximum absolute atomic E-state index is 12.4. The fourth-order valence-electron chi connectivity index (χ4n) is 2.59. The molecule has 0 aromatic heterocycles. The molecule has 11 heteroatoms. The molecule has 0 aliphatic carbocycles. The van der Waals surface area contributed by atoms with Gasteiger partial charge in [-0.15, -0.1) is 0 Å². The molecule has 0 saturated carbocycles. The van der Waals surface area contributed by atoms with Crippen molar-refractivity contribution < 1.29 is 29.4 Å². The molecule has 4 atom stereocenters. The number of carbonyl (C=O) groups excluding carboxylic acids is 3. The molecule has 0 aromatic carbocycles. The Labute approximate surface area is 162 Å². The van der Waals surface area contributed by atoms with E-state index in [1.54, 1.807) is 0 Å². The Morgan fingerprint density at radius 1 is 1.26 bits per heavy atom. The van der Waals surface area contributed by atoms with E-state index < -0.39 is 42.5 Å². The van der Waals surface area contributed by atoms with E-state index in [0.29, 0.717) is 18.6 Å². The van der Waals surface area contributed by atoms with Gasteiger partial charge in [0.1, 0.15) is 6.04 Å². The van der Waals surface area contributed by atoms with Crippen molar-refractivity contribution in [2.24, 2.45) is 0 Å². The minimum atomic E-state index is -1.46. The second-order valence-corrected chi connectivity index (χ2v) is 7.32. The predicted octanol–water partition coefficient (Wildman–Crippen LogP) is -1.96. The van der Waals surface area contributed by atoms with Crippen LogP contribution in [0.3, 0.4) is 0 Å². The number of hydrogen-bond donors (Lipinski definition) is 6. The zero-order valence-electron chi connectivity index (χ0n) is 15.5. The van der Waals surface area contributed by atoms with E-state index in [-0.39, 0.29) is 11.9 Å². The van der Waals surface area contributed by atoms with Gasteiger partial charge in [0.05, 0.1) is 18.7 Å². The number of hydrogen-bond acceptors (Lipinski definition) is 7. The van der Waals surface area contributed by atoms with E-state index in [1.807, 2.05) is 6.26 Å². The van der Waals surface area contributed by atoms with Crippen molar-refractivity contribution in [2.75, 3.05) is 25.1 Å². The number of amides is 3. The summed E-state index contributed by atoms with van der Waals surface area (Å²) in [6.45, 7) is 1.54. The lowest BCUT2D eigenvalue weighted by molar-refractivity contribution is -0.144. The largest absolute Gasteiger partial charge is 0.480 e. The van der Waals surface area contributed by atoms with Crippen LogP contribution < -0.4 is 21.3 Å². The van der Waals surface area contributed by atoms with Gasteiger partial charge < -0.3 is 31.5 Å². The van der Waals surface area contributed by atoms with Crippen LogP contribution in [0.4, 0.5) is 0 Å². The first-order valence-corrected chi connectivity index (χ1v) is 10.2. The Kier molecular flexibility index (Phi) is 10.1. The average molecular weight is 404 g/mol. The lowest BCUT2D eigenvalue weighted by atomic mass is 10.1. The van der Waals surface area contributed by atoms with E-state index in [2.05, 4.69) is 21.3 Å².